The van der Waals surface area contributed by atoms with Gasteiger partial charge in [-0.25, -0.2) is 0 Å². The Kier molecular flexibility index (Phi) is 21.1. The maximum Gasteiger partial charge on any atom is 0.152 e. The molecule has 0 saturated carbocycles. The van der Waals surface area contributed by atoms with Gasteiger partial charge in [-0.3, -0.25) is 9.59 Å². The molecule has 4 heterocycles. The van der Waals surface area contributed by atoms with Gasteiger partial charge in [0.25, 0.3) is 0 Å². The molecule has 334 valence electrons. The summed E-state index contributed by atoms with van der Waals surface area (Å²) < 4.78 is 7.43. The smallest absolute Gasteiger partial charge is 0.152 e. The summed E-state index contributed by atoms with van der Waals surface area (Å²) in [5.74, 6) is 3.73. The van der Waals surface area contributed by atoms with Gasteiger partial charge in [-0.1, -0.05) is 161 Å². The van der Waals surface area contributed by atoms with Gasteiger partial charge >= 0.3 is 0 Å². The molecule has 7 heteroatoms. The summed E-state index contributed by atoms with van der Waals surface area (Å²) in [7, 11) is 2.02. The molecule has 3 aromatic heterocycles. The Morgan fingerprint density at radius 1 is 0.644 bits per heavy atom. The van der Waals surface area contributed by atoms with E-state index in [-0.39, 0.29) is 16.4 Å². The van der Waals surface area contributed by atoms with Crippen molar-refractivity contribution in [3.05, 3.63) is 38.6 Å². The van der Waals surface area contributed by atoms with Crippen LogP contribution in [0.2, 0.25) is 0 Å². The number of hydrogen-bond acceptors (Lipinski definition) is 7. The number of fused-ring (bicyclic) bond motifs is 3. The van der Waals surface area contributed by atoms with Crippen molar-refractivity contribution in [1.82, 2.24) is 5.32 Å². The number of aldehydes is 2. The van der Waals surface area contributed by atoms with Gasteiger partial charge in [0.2, 0.25) is 0 Å². The molecule has 1 aliphatic rings. The second-order valence-electron chi connectivity index (χ2n) is 20.9. The first-order valence-corrected chi connectivity index (χ1v) is 26.0. The highest BCUT2D eigenvalue weighted by Gasteiger charge is 2.44. The maximum atomic E-state index is 12.5. The van der Waals surface area contributed by atoms with Crippen LogP contribution in [0, 0.1) is 23.7 Å². The zero-order chi connectivity index (χ0) is 44.0. The molecular weight excluding hydrogens is 783 g/mol. The minimum absolute atomic E-state index is 0.0290. The van der Waals surface area contributed by atoms with Crippen LogP contribution in [0.25, 0.3) is 19.5 Å². The van der Waals surface area contributed by atoms with Crippen LogP contribution in [0.5, 0.6) is 5.75 Å². The van der Waals surface area contributed by atoms with Gasteiger partial charge in [-0.2, -0.15) is 0 Å². The predicted molar refractivity (Wildman–Crippen MR) is 263 cm³/mol. The normalized spacial score (nSPS) is 16.3. The third kappa shape index (κ3) is 15.2. The first-order valence-electron chi connectivity index (χ1n) is 23.5. The fourth-order valence-electron chi connectivity index (χ4n) is 8.26. The van der Waals surface area contributed by atoms with Crippen LogP contribution in [-0.4, -0.2) is 26.2 Å². The Balaban J connectivity index is 0.000000821. The van der Waals surface area contributed by atoms with E-state index in [4.69, 9.17) is 4.74 Å². The largest absolute Gasteiger partial charge is 0.481 e. The number of unbranched alkanes of at least 4 members (excludes halogenated alkanes) is 5. The number of carbonyl (C=O) groups excluding carboxylic acids is 2. The summed E-state index contributed by atoms with van der Waals surface area (Å²) in [5.41, 5.74) is 1.84. The van der Waals surface area contributed by atoms with Gasteiger partial charge in [0.05, 0.1) is 14.6 Å². The number of rotatable bonds is 24. The SMILES string of the molecule is CC(C)CCCC(C)CCC1(CCC(C)CCCC(C)C)Oc2cc(-c3sc(C(C)(C)C)c(C=O)c3C=O)sc2-c2sc(C(C)(C)C)cc21.CCCCCCCCNC. The van der Waals surface area contributed by atoms with E-state index in [0.29, 0.717) is 23.0 Å². The van der Waals surface area contributed by atoms with E-state index < -0.39 is 0 Å². The molecule has 0 fully saturated rings. The Morgan fingerprint density at radius 2 is 1.20 bits per heavy atom. The molecule has 0 spiro atoms. The Morgan fingerprint density at radius 3 is 1.69 bits per heavy atom. The lowest BCUT2D eigenvalue weighted by Gasteiger charge is -2.39. The summed E-state index contributed by atoms with van der Waals surface area (Å²) in [6.07, 6.45) is 22.1. The van der Waals surface area contributed by atoms with Gasteiger partial charge in [-0.05, 0) is 86.3 Å². The van der Waals surface area contributed by atoms with Crippen molar-refractivity contribution in [2.75, 3.05) is 13.6 Å². The Bertz CT molecular complexity index is 1660. The van der Waals surface area contributed by atoms with Crippen LogP contribution in [0.15, 0.2) is 12.1 Å². The van der Waals surface area contributed by atoms with Gasteiger partial charge in [-0.15, -0.1) is 34.0 Å². The molecule has 1 aliphatic heterocycles. The van der Waals surface area contributed by atoms with Crippen LogP contribution in [0.4, 0.5) is 0 Å². The van der Waals surface area contributed by atoms with E-state index in [9.17, 15) is 9.59 Å². The predicted octanol–water partition coefficient (Wildman–Crippen LogP) is 17.1. The lowest BCUT2D eigenvalue weighted by Crippen LogP contribution is -2.36. The molecule has 4 nitrogen and oxygen atoms in total. The maximum absolute atomic E-state index is 12.5. The molecule has 0 saturated heterocycles. The van der Waals surface area contributed by atoms with Crippen molar-refractivity contribution in [3.8, 4) is 25.3 Å². The molecule has 2 atom stereocenters. The molecule has 0 amide bonds. The van der Waals surface area contributed by atoms with Crippen LogP contribution in [0.3, 0.4) is 0 Å². The number of thiophene rings is 3. The molecule has 0 radical (unpaired) electrons. The molecule has 0 bridgehead atoms. The van der Waals surface area contributed by atoms with E-state index in [1.54, 1.807) is 22.7 Å². The lowest BCUT2D eigenvalue weighted by molar-refractivity contribution is 0.0323. The molecule has 1 N–H and O–H groups in total. The van der Waals surface area contributed by atoms with E-state index >= 15 is 0 Å². The highest BCUT2D eigenvalue weighted by atomic mass is 32.1. The van der Waals surface area contributed by atoms with Gasteiger partial charge in [0.15, 0.2) is 12.6 Å². The van der Waals surface area contributed by atoms with E-state index in [1.165, 1.54) is 104 Å². The van der Waals surface area contributed by atoms with Crippen LogP contribution in [-0.2, 0) is 16.4 Å². The van der Waals surface area contributed by atoms with Crippen LogP contribution in [0.1, 0.15) is 229 Å². The molecular formula is C52H85NO3S3. The second kappa shape index (κ2) is 24.2. The third-order valence-corrected chi connectivity index (χ3v) is 16.8. The van der Waals surface area contributed by atoms with Gasteiger partial charge in [0.1, 0.15) is 11.4 Å². The summed E-state index contributed by atoms with van der Waals surface area (Å²) in [4.78, 5) is 31.6. The highest BCUT2D eigenvalue weighted by molar-refractivity contribution is 7.27. The fraction of sp³-hybridized carbons (Fsp3) is 0.731. The van der Waals surface area contributed by atoms with Crippen molar-refractivity contribution in [3.63, 3.8) is 0 Å². The highest BCUT2D eigenvalue weighted by Crippen LogP contribution is 2.59. The topological polar surface area (TPSA) is 55.4 Å². The van der Waals surface area contributed by atoms with Crippen LogP contribution >= 0.6 is 34.0 Å². The number of carbonyl (C=O) groups is 2. The van der Waals surface area contributed by atoms with E-state index in [0.717, 1.165) is 70.5 Å². The van der Waals surface area contributed by atoms with Crippen molar-refractivity contribution in [2.24, 2.45) is 23.7 Å². The zero-order valence-corrected chi connectivity index (χ0v) is 42.5. The molecule has 0 aromatic carbocycles. The summed E-state index contributed by atoms with van der Waals surface area (Å²) >= 11 is 5.25. The van der Waals surface area contributed by atoms with Crippen molar-refractivity contribution in [1.29, 1.82) is 0 Å². The number of ether oxygens (including phenoxy) is 1. The van der Waals surface area contributed by atoms with Crippen molar-refractivity contribution >= 4 is 46.6 Å². The fourth-order valence-corrected chi connectivity index (χ4v) is 12.2. The first kappa shape index (κ1) is 51.5. The molecule has 0 aliphatic carbocycles. The van der Waals surface area contributed by atoms with Crippen LogP contribution < -0.4 is 10.1 Å². The van der Waals surface area contributed by atoms with Gasteiger partial charge < -0.3 is 10.1 Å². The number of nitrogens with one attached hydrogen (secondary N) is 1. The lowest BCUT2D eigenvalue weighted by atomic mass is 9.78. The Labute approximate surface area is 374 Å². The summed E-state index contributed by atoms with van der Waals surface area (Å²) in [6, 6.07) is 4.67. The minimum Gasteiger partial charge on any atom is -0.481 e. The van der Waals surface area contributed by atoms with E-state index in [2.05, 4.69) is 107 Å². The summed E-state index contributed by atoms with van der Waals surface area (Å²) in [5, 5.41) is 3.16. The second-order valence-corrected chi connectivity index (χ2v) is 24.0. The zero-order valence-electron chi connectivity index (χ0n) is 40.1. The van der Waals surface area contributed by atoms with Crippen molar-refractivity contribution in [2.45, 2.75) is 209 Å². The quantitative estimate of drug-likeness (QED) is 0.0720. The first-order chi connectivity index (χ1) is 27.8. The third-order valence-electron chi connectivity index (χ3n) is 12.1. The van der Waals surface area contributed by atoms with Gasteiger partial charge in [0, 0.05) is 37.4 Å². The number of hydrogen-bond donors (Lipinski definition) is 1. The molecule has 2 unspecified atom stereocenters. The molecule has 3 aromatic rings. The minimum atomic E-state index is -0.382. The average molecular weight is 868 g/mol. The molecule has 59 heavy (non-hydrogen) atoms. The average Bonchev–Trinajstić information content (AvgIpc) is 3.90. The monoisotopic (exact) mass is 868 g/mol. The summed E-state index contributed by atoms with van der Waals surface area (Å²) in [6.45, 7) is 30.9. The Hall–Kier alpha value is -1.80. The van der Waals surface area contributed by atoms with Crippen molar-refractivity contribution < 1.29 is 14.3 Å². The molecule has 4 rings (SSSR count). The standard InChI is InChI=1S/C43H64O3S3.C9H21N/c1-27(2)15-13-17-29(5)19-21-43(22-20-30(6)18-14-16-28(3)4)33-23-36(41(7,8)9)48-38(33)39-34(46-43)24-35(47-39)37-31(25-44)32(26-45)40(49-37)42(10,11)12;1-3-4-5-6-7-8-9-10-2/h23-30H,13-22H2,1-12H3;10H,3-9H2,1-2H3. The van der Waals surface area contributed by atoms with E-state index in [1.807, 2.05) is 18.4 Å².